The third-order valence-electron chi connectivity index (χ3n) is 3.34. The maximum Gasteiger partial charge on any atom is 0.198 e. The van der Waals surface area contributed by atoms with Crippen molar-refractivity contribution in [2.75, 3.05) is 6.26 Å². The third kappa shape index (κ3) is 1.91. The largest absolute Gasteiger partial charge is 0.288 e. The smallest absolute Gasteiger partial charge is 0.198 e. The van der Waals surface area contributed by atoms with Gasteiger partial charge in [0.25, 0.3) is 0 Å². The van der Waals surface area contributed by atoms with E-state index in [4.69, 9.17) is 0 Å². The lowest BCUT2D eigenvalue weighted by molar-refractivity contribution is 0.0990. The Morgan fingerprint density at radius 2 is 1.30 bits per heavy atom. The molecule has 0 atom stereocenters. The van der Waals surface area contributed by atoms with Crippen molar-refractivity contribution in [1.82, 2.24) is 0 Å². The van der Waals surface area contributed by atoms with Crippen LogP contribution < -0.4 is 0 Å². The maximum atomic E-state index is 12.5. The molecule has 0 unspecified atom stereocenters. The van der Waals surface area contributed by atoms with E-state index in [0.29, 0.717) is 16.7 Å². The summed E-state index contributed by atoms with van der Waals surface area (Å²) in [6, 6.07) is 16.6. The Labute approximate surface area is 121 Å². The van der Waals surface area contributed by atoms with Crippen LogP contribution in [-0.2, 0) is 0 Å². The van der Waals surface area contributed by atoms with Gasteiger partial charge in [-0.25, -0.2) is 0 Å². The van der Waals surface area contributed by atoms with E-state index in [2.05, 4.69) is 0 Å². The minimum atomic E-state index is -0.168. The zero-order chi connectivity index (χ0) is 14.1. The SMILES string of the molecule is CSC(=C1C(=O)c2ccccc2C1=O)c1ccccc1. The molecule has 0 heterocycles. The summed E-state index contributed by atoms with van der Waals surface area (Å²) in [4.78, 5) is 25.7. The first-order valence-corrected chi connectivity index (χ1v) is 7.48. The first-order chi connectivity index (χ1) is 9.74. The van der Waals surface area contributed by atoms with Gasteiger partial charge in [-0.1, -0.05) is 54.6 Å². The molecule has 0 spiro atoms. The van der Waals surface area contributed by atoms with Crippen molar-refractivity contribution in [3.05, 3.63) is 76.9 Å². The lowest BCUT2D eigenvalue weighted by Gasteiger charge is -2.07. The Morgan fingerprint density at radius 3 is 1.80 bits per heavy atom. The fourth-order valence-corrected chi connectivity index (χ4v) is 3.17. The molecule has 0 aromatic heterocycles. The number of rotatable bonds is 2. The number of hydrogen-bond donors (Lipinski definition) is 0. The van der Waals surface area contributed by atoms with E-state index in [9.17, 15) is 9.59 Å². The molecular formula is C17H12O2S. The summed E-state index contributed by atoms with van der Waals surface area (Å²) >= 11 is 1.44. The standard InChI is InChI=1S/C17H12O2S/c1-20-17(11-7-3-2-4-8-11)14-15(18)12-9-5-6-10-13(12)16(14)19/h2-10H,1H3. The second-order valence-corrected chi connectivity index (χ2v) is 5.29. The molecule has 0 saturated carbocycles. The summed E-state index contributed by atoms with van der Waals surface area (Å²) in [5, 5.41) is 0. The Balaban J connectivity index is 2.22. The average molecular weight is 280 g/mol. The molecule has 3 rings (SSSR count). The van der Waals surface area contributed by atoms with Gasteiger partial charge in [0.05, 0.1) is 5.57 Å². The van der Waals surface area contributed by atoms with E-state index in [1.807, 2.05) is 36.6 Å². The molecule has 1 aliphatic carbocycles. The van der Waals surface area contributed by atoms with Crippen LogP contribution >= 0.6 is 11.8 Å². The van der Waals surface area contributed by atoms with E-state index in [1.165, 1.54) is 11.8 Å². The molecule has 0 bridgehead atoms. The second kappa shape index (κ2) is 5.10. The number of Topliss-reactive ketones (excluding diaryl/α,β-unsaturated/α-hetero) is 2. The fourth-order valence-electron chi connectivity index (χ4n) is 2.41. The minimum Gasteiger partial charge on any atom is -0.288 e. The van der Waals surface area contributed by atoms with Gasteiger partial charge in [0.15, 0.2) is 11.6 Å². The average Bonchev–Trinajstić information content (AvgIpc) is 2.75. The molecule has 0 aliphatic heterocycles. The molecule has 0 saturated heterocycles. The Kier molecular flexibility index (Phi) is 3.28. The molecule has 1 aliphatic rings. The molecule has 0 N–H and O–H groups in total. The predicted octanol–water partition coefficient (Wildman–Crippen LogP) is 3.84. The molecular weight excluding hydrogens is 268 g/mol. The van der Waals surface area contributed by atoms with Gasteiger partial charge in [-0.2, -0.15) is 0 Å². The molecule has 20 heavy (non-hydrogen) atoms. The van der Waals surface area contributed by atoms with Gasteiger partial charge in [0.1, 0.15) is 0 Å². The summed E-state index contributed by atoms with van der Waals surface area (Å²) in [7, 11) is 0. The minimum absolute atomic E-state index is 0.168. The fraction of sp³-hybridized carbons (Fsp3) is 0.0588. The van der Waals surface area contributed by atoms with Gasteiger partial charge in [-0.05, 0) is 11.8 Å². The lowest BCUT2D eigenvalue weighted by atomic mass is 10.1. The number of fused-ring (bicyclic) bond motifs is 1. The number of ketones is 2. The van der Waals surface area contributed by atoms with Crippen LogP contribution in [0.5, 0.6) is 0 Å². The monoisotopic (exact) mass is 280 g/mol. The van der Waals surface area contributed by atoms with Gasteiger partial charge >= 0.3 is 0 Å². The highest BCUT2D eigenvalue weighted by Crippen LogP contribution is 2.36. The van der Waals surface area contributed by atoms with Crippen molar-refractivity contribution in [3.8, 4) is 0 Å². The molecule has 0 amide bonds. The number of carbonyl (C=O) groups excluding carboxylic acids is 2. The number of benzene rings is 2. The van der Waals surface area contributed by atoms with Crippen LogP contribution in [0.15, 0.2) is 60.2 Å². The first kappa shape index (κ1) is 12.9. The molecule has 2 aromatic rings. The van der Waals surface area contributed by atoms with E-state index in [0.717, 1.165) is 10.5 Å². The molecule has 2 nitrogen and oxygen atoms in total. The summed E-state index contributed by atoms with van der Waals surface area (Å²) in [6.45, 7) is 0. The van der Waals surface area contributed by atoms with Gasteiger partial charge in [0.2, 0.25) is 0 Å². The zero-order valence-corrected chi connectivity index (χ0v) is 11.7. The van der Waals surface area contributed by atoms with Crippen molar-refractivity contribution in [3.63, 3.8) is 0 Å². The van der Waals surface area contributed by atoms with Crippen molar-refractivity contribution in [2.24, 2.45) is 0 Å². The molecule has 98 valence electrons. The number of carbonyl (C=O) groups is 2. The van der Waals surface area contributed by atoms with E-state index >= 15 is 0 Å². The summed E-state index contributed by atoms with van der Waals surface area (Å²) in [6.07, 6.45) is 1.89. The molecule has 0 radical (unpaired) electrons. The Hall–Kier alpha value is -2.13. The van der Waals surface area contributed by atoms with Crippen LogP contribution in [0.4, 0.5) is 0 Å². The number of thioether (sulfide) groups is 1. The number of allylic oxidation sites excluding steroid dienone is 1. The van der Waals surface area contributed by atoms with Crippen LogP contribution in [0.3, 0.4) is 0 Å². The highest BCUT2D eigenvalue weighted by molar-refractivity contribution is 8.07. The van der Waals surface area contributed by atoms with Gasteiger partial charge in [-0.15, -0.1) is 11.8 Å². The van der Waals surface area contributed by atoms with Crippen LogP contribution in [-0.4, -0.2) is 17.8 Å². The highest BCUT2D eigenvalue weighted by atomic mass is 32.2. The Bertz CT molecular complexity index is 693. The van der Waals surface area contributed by atoms with E-state index in [-0.39, 0.29) is 11.6 Å². The topological polar surface area (TPSA) is 34.1 Å². The van der Waals surface area contributed by atoms with Crippen LogP contribution in [0.2, 0.25) is 0 Å². The Morgan fingerprint density at radius 1 is 0.800 bits per heavy atom. The lowest BCUT2D eigenvalue weighted by Crippen LogP contribution is -2.03. The highest BCUT2D eigenvalue weighted by Gasteiger charge is 2.35. The first-order valence-electron chi connectivity index (χ1n) is 6.26. The molecule has 0 fully saturated rings. The van der Waals surface area contributed by atoms with Crippen molar-refractivity contribution in [1.29, 1.82) is 0 Å². The summed E-state index contributed by atoms with van der Waals surface area (Å²) < 4.78 is 0. The predicted molar refractivity (Wildman–Crippen MR) is 82.0 cm³/mol. The number of hydrogen-bond acceptors (Lipinski definition) is 3. The van der Waals surface area contributed by atoms with Gasteiger partial charge in [0, 0.05) is 16.0 Å². The van der Waals surface area contributed by atoms with Crippen LogP contribution in [0.1, 0.15) is 26.3 Å². The second-order valence-electron chi connectivity index (χ2n) is 4.48. The van der Waals surface area contributed by atoms with E-state index < -0.39 is 0 Å². The van der Waals surface area contributed by atoms with Gasteiger partial charge < -0.3 is 0 Å². The summed E-state index contributed by atoms with van der Waals surface area (Å²) in [5.41, 5.74) is 2.22. The third-order valence-corrected chi connectivity index (χ3v) is 4.19. The van der Waals surface area contributed by atoms with Crippen molar-refractivity contribution >= 4 is 28.2 Å². The van der Waals surface area contributed by atoms with Crippen LogP contribution in [0.25, 0.3) is 4.91 Å². The van der Waals surface area contributed by atoms with Gasteiger partial charge in [-0.3, -0.25) is 9.59 Å². The maximum absolute atomic E-state index is 12.5. The molecule has 3 heteroatoms. The van der Waals surface area contributed by atoms with Crippen molar-refractivity contribution < 1.29 is 9.59 Å². The van der Waals surface area contributed by atoms with Crippen LogP contribution in [0, 0.1) is 0 Å². The van der Waals surface area contributed by atoms with E-state index in [1.54, 1.807) is 24.3 Å². The quantitative estimate of drug-likeness (QED) is 0.619. The summed E-state index contributed by atoms with van der Waals surface area (Å²) in [5.74, 6) is -0.336. The molecule has 2 aromatic carbocycles. The van der Waals surface area contributed by atoms with Crippen molar-refractivity contribution in [2.45, 2.75) is 0 Å². The normalized spacial score (nSPS) is 13.6. The zero-order valence-electron chi connectivity index (χ0n) is 10.9.